The van der Waals surface area contributed by atoms with Crippen LogP contribution in [0.5, 0.6) is 0 Å². The molecule has 346 valence electrons. The van der Waals surface area contributed by atoms with Gasteiger partial charge in [-0.15, -0.1) is 0 Å². The Kier molecular flexibility index (Phi) is 8.10. The molecule has 4 heteroatoms. The Labute approximate surface area is 410 Å². The van der Waals surface area contributed by atoms with Gasteiger partial charge in [-0.3, -0.25) is 0 Å². The summed E-state index contributed by atoms with van der Waals surface area (Å²) >= 11 is 0. The zero-order valence-electron chi connectivity index (χ0n) is 40.9. The second kappa shape index (κ2) is 14.1. The number of hydrogen-bond donors (Lipinski definition) is 0. The number of rotatable bonds is 4. The number of nitrogens with zero attached hydrogens (tertiary/aromatic N) is 2. The molecular formula is C66H60N2O2. The van der Waals surface area contributed by atoms with Crippen molar-refractivity contribution < 1.29 is 8.83 Å². The van der Waals surface area contributed by atoms with Gasteiger partial charge in [0.1, 0.15) is 22.3 Å². The number of anilines is 3. The predicted octanol–water partition coefficient (Wildman–Crippen LogP) is 17.4. The molecule has 8 atom stereocenters. The fourth-order valence-electron chi connectivity index (χ4n) is 17.5. The summed E-state index contributed by atoms with van der Waals surface area (Å²) in [6, 6.07) is 48.7. The molecule has 0 N–H and O–H groups in total. The van der Waals surface area contributed by atoms with Crippen molar-refractivity contribution in [2.75, 3.05) is 23.9 Å². The van der Waals surface area contributed by atoms with Crippen molar-refractivity contribution >= 4 is 77.3 Å². The Bertz CT molecular complexity index is 3820. The van der Waals surface area contributed by atoms with Crippen LogP contribution in [0.15, 0.2) is 154 Å². The fourth-order valence-corrected chi connectivity index (χ4v) is 17.5. The predicted molar refractivity (Wildman–Crippen MR) is 289 cm³/mol. The van der Waals surface area contributed by atoms with Crippen molar-refractivity contribution in [2.45, 2.75) is 88.9 Å². The monoisotopic (exact) mass is 912 g/mol. The van der Waals surface area contributed by atoms with E-state index in [0.29, 0.717) is 11.8 Å². The van der Waals surface area contributed by atoms with Crippen molar-refractivity contribution in [3.63, 3.8) is 0 Å². The zero-order valence-corrected chi connectivity index (χ0v) is 40.9. The van der Waals surface area contributed by atoms with E-state index in [-0.39, 0.29) is 10.8 Å². The van der Waals surface area contributed by atoms with Gasteiger partial charge >= 0.3 is 0 Å². The molecule has 4 saturated carbocycles. The van der Waals surface area contributed by atoms with Gasteiger partial charge in [-0.05, 0) is 209 Å². The standard InChI is InChI=1S/C66H60N2O2/c1-37-25-39-13-16-43(27-39)65(37)57-11-7-5-9-49(57)51-32-46(19-22-59(51)65)67(3)45-18-15-41-30-53-55-35-63-56(36-64(55)70-62(53)31-42(41)29-45)54-34-48(21-24-61(54)69-63)68(4)47-20-23-60-52(33-47)50-10-6-8-12-58(50)66(60)38(2)26-40-14-17-44(66)28-40/h5-12,15,18,20-21,23-24,29-40,43-44H,13-14,16-17,19,22,25-28H2,1-4H3/t37-,38-,39?,40-,43?,44?,65?,66?/m0/s1. The number of fused-ring (bicyclic) bond motifs is 22. The first kappa shape index (κ1) is 40.2. The molecule has 0 aliphatic heterocycles. The first-order chi connectivity index (χ1) is 34.2. The van der Waals surface area contributed by atoms with Gasteiger partial charge in [0, 0.05) is 69.2 Å². The average Bonchev–Trinajstić information content (AvgIpc) is 4.25. The van der Waals surface area contributed by atoms with Crippen molar-refractivity contribution in [3.05, 3.63) is 167 Å². The van der Waals surface area contributed by atoms with E-state index in [1.807, 2.05) is 0 Å². The van der Waals surface area contributed by atoms with Crippen LogP contribution in [-0.2, 0) is 10.8 Å². The number of furan rings is 2. The Morgan fingerprint density at radius 2 is 1.04 bits per heavy atom. The number of hydrogen-bond acceptors (Lipinski definition) is 4. The molecule has 0 saturated heterocycles. The summed E-state index contributed by atoms with van der Waals surface area (Å²) in [6.45, 7) is 5.12. The first-order valence-corrected chi connectivity index (χ1v) is 26.8. The molecular weight excluding hydrogens is 853 g/mol. The minimum absolute atomic E-state index is 0.134. The van der Waals surface area contributed by atoms with Crippen LogP contribution >= 0.6 is 0 Å². The highest BCUT2D eigenvalue weighted by molar-refractivity contribution is 6.17. The Hall–Kier alpha value is -6.52. The van der Waals surface area contributed by atoms with E-state index in [1.165, 1.54) is 101 Å². The van der Waals surface area contributed by atoms with Crippen molar-refractivity contribution in [1.29, 1.82) is 0 Å². The highest BCUT2D eigenvalue weighted by Gasteiger charge is 2.59. The summed E-state index contributed by atoms with van der Waals surface area (Å²) in [6.07, 6.45) is 15.9. The van der Waals surface area contributed by atoms with Crippen LogP contribution in [0, 0.1) is 35.5 Å². The zero-order chi connectivity index (χ0) is 46.4. The van der Waals surface area contributed by atoms with E-state index in [2.05, 4.69) is 171 Å². The first-order valence-electron chi connectivity index (χ1n) is 26.8. The molecule has 4 fully saturated rings. The summed E-state index contributed by atoms with van der Waals surface area (Å²) in [5, 5.41) is 6.80. The molecule has 2 spiro atoms. The quantitative estimate of drug-likeness (QED) is 0.176. The summed E-state index contributed by atoms with van der Waals surface area (Å²) in [5.41, 5.74) is 21.3. The lowest BCUT2D eigenvalue weighted by Gasteiger charge is -2.48. The van der Waals surface area contributed by atoms with Crippen LogP contribution < -0.4 is 9.80 Å². The third-order valence-electron chi connectivity index (χ3n) is 20.4. The van der Waals surface area contributed by atoms with Crippen molar-refractivity contribution in [1.82, 2.24) is 0 Å². The van der Waals surface area contributed by atoms with Crippen LogP contribution in [0.3, 0.4) is 0 Å². The molecule has 4 nitrogen and oxygen atoms in total. The molecule has 9 aromatic rings. The Balaban J connectivity index is 0.727. The van der Waals surface area contributed by atoms with Gasteiger partial charge in [0.25, 0.3) is 0 Å². The van der Waals surface area contributed by atoms with E-state index < -0.39 is 0 Å². The van der Waals surface area contributed by atoms with Gasteiger partial charge in [-0.1, -0.05) is 92.9 Å². The van der Waals surface area contributed by atoms with E-state index in [4.69, 9.17) is 8.83 Å². The van der Waals surface area contributed by atoms with Crippen molar-refractivity contribution in [2.24, 2.45) is 35.5 Å². The maximum Gasteiger partial charge on any atom is 0.136 e. The number of benzene rings is 7. The van der Waals surface area contributed by atoms with Gasteiger partial charge in [0.15, 0.2) is 0 Å². The molecule has 0 amide bonds. The maximum absolute atomic E-state index is 6.78. The second-order valence-corrected chi connectivity index (χ2v) is 23.3. The highest BCUT2D eigenvalue weighted by Crippen LogP contribution is 2.67. The molecule has 7 aliphatic carbocycles. The van der Waals surface area contributed by atoms with Gasteiger partial charge in [0.05, 0.1) is 0 Å². The van der Waals surface area contributed by atoms with Crippen molar-refractivity contribution in [3.8, 4) is 11.1 Å². The van der Waals surface area contributed by atoms with Gasteiger partial charge < -0.3 is 18.6 Å². The van der Waals surface area contributed by atoms with E-state index >= 15 is 0 Å². The van der Waals surface area contributed by atoms with E-state index in [9.17, 15) is 0 Å². The van der Waals surface area contributed by atoms with Crippen LogP contribution in [0.2, 0.25) is 0 Å². The van der Waals surface area contributed by atoms with Crippen LogP contribution in [0.1, 0.15) is 100 Å². The lowest BCUT2D eigenvalue weighted by molar-refractivity contribution is 0.154. The van der Waals surface area contributed by atoms with Gasteiger partial charge in [-0.25, -0.2) is 0 Å². The topological polar surface area (TPSA) is 32.8 Å². The Morgan fingerprint density at radius 3 is 1.83 bits per heavy atom. The lowest BCUT2D eigenvalue weighted by Crippen LogP contribution is -2.44. The third-order valence-corrected chi connectivity index (χ3v) is 20.4. The largest absolute Gasteiger partial charge is 0.456 e. The summed E-state index contributed by atoms with van der Waals surface area (Å²) < 4.78 is 13.4. The fraction of sp³-hybridized carbons (Fsp3) is 0.333. The molecule has 2 aromatic heterocycles. The molecule has 4 bridgehead atoms. The number of allylic oxidation sites excluding steroid dienone is 4. The van der Waals surface area contributed by atoms with Crippen LogP contribution in [0.25, 0.3) is 71.3 Å². The highest BCUT2D eigenvalue weighted by atomic mass is 16.3. The molecule has 70 heavy (non-hydrogen) atoms. The van der Waals surface area contributed by atoms with E-state index in [0.717, 1.165) is 86.1 Å². The molecule has 16 rings (SSSR count). The minimum atomic E-state index is 0.134. The van der Waals surface area contributed by atoms with Crippen LogP contribution in [0.4, 0.5) is 17.1 Å². The normalized spacial score (nSPS) is 28.1. The average molecular weight is 913 g/mol. The third kappa shape index (κ3) is 5.12. The molecule has 2 heterocycles. The SMILES string of the molecule is C[C@H]1CC2CCC(C2)C12C1=C(C=C(N(C)c3ccc4cc5c(cc4c3)oc3cc4c(cc35)oc3ccc(N(C)c5ccc6c(c5)-c5ccccc5C65C6CC[C@H](C6)C[C@@H]5C)cc34)CC1)c1ccccc12. The van der Waals surface area contributed by atoms with E-state index in [1.54, 1.807) is 22.3 Å². The minimum Gasteiger partial charge on any atom is -0.456 e. The smallest absolute Gasteiger partial charge is 0.136 e. The molecule has 7 aromatic carbocycles. The van der Waals surface area contributed by atoms with Crippen LogP contribution in [-0.4, -0.2) is 14.1 Å². The Morgan fingerprint density at radius 1 is 0.457 bits per heavy atom. The van der Waals surface area contributed by atoms with Gasteiger partial charge in [-0.2, -0.15) is 0 Å². The second-order valence-electron chi connectivity index (χ2n) is 23.3. The molecule has 7 aliphatic rings. The summed E-state index contributed by atoms with van der Waals surface area (Å²) in [5.74, 6) is 4.71. The maximum atomic E-state index is 6.78. The molecule has 0 radical (unpaired) electrons. The summed E-state index contributed by atoms with van der Waals surface area (Å²) in [7, 11) is 4.48. The summed E-state index contributed by atoms with van der Waals surface area (Å²) in [4.78, 5) is 4.79. The van der Waals surface area contributed by atoms with Gasteiger partial charge in [0.2, 0.25) is 0 Å². The lowest BCUT2D eigenvalue weighted by atomic mass is 9.55. The molecule has 5 unspecified atom stereocenters.